The number of amides is 1. The van der Waals surface area contributed by atoms with E-state index in [0.717, 1.165) is 25.9 Å². The number of hydrogen-bond donors (Lipinski definition) is 1. The molecule has 6 nitrogen and oxygen atoms in total. The first-order valence-electron chi connectivity index (χ1n) is 7.95. The molecular formula is C16H25N3O3S. The van der Waals surface area contributed by atoms with Gasteiger partial charge in [-0.05, 0) is 46.1 Å². The van der Waals surface area contributed by atoms with Crippen LogP contribution in [-0.2, 0) is 4.74 Å². The lowest BCUT2D eigenvalue weighted by Crippen LogP contribution is -2.43. The summed E-state index contributed by atoms with van der Waals surface area (Å²) in [6, 6.07) is 0. The Morgan fingerprint density at radius 3 is 2.91 bits per heavy atom. The summed E-state index contributed by atoms with van der Waals surface area (Å²) >= 11 is 1.38. The van der Waals surface area contributed by atoms with E-state index in [4.69, 9.17) is 4.74 Å². The van der Waals surface area contributed by atoms with Gasteiger partial charge in [0.2, 0.25) is 5.78 Å². The molecule has 2 rings (SSSR count). The van der Waals surface area contributed by atoms with Gasteiger partial charge in [0.05, 0.1) is 6.54 Å². The first kappa shape index (κ1) is 17.9. The Morgan fingerprint density at radius 2 is 2.26 bits per heavy atom. The third-order valence-electron chi connectivity index (χ3n) is 3.58. The SMILES string of the molecule is CC(C)(C)OC(=O)NC[C@H]1CCCN(CC(=O)c2nccs2)C1. The molecule has 1 aromatic rings. The molecule has 23 heavy (non-hydrogen) atoms. The van der Waals surface area contributed by atoms with Crippen LogP contribution in [0.3, 0.4) is 0 Å². The van der Waals surface area contributed by atoms with E-state index in [1.165, 1.54) is 11.3 Å². The lowest BCUT2D eigenvalue weighted by Gasteiger charge is -2.32. The van der Waals surface area contributed by atoms with Gasteiger partial charge in [-0.15, -0.1) is 11.3 Å². The Balaban J connectivity index is 1.75. The molecule has 0 unspecified atom stereocenters. The second kappa shape index (κ2) is 7.88. The quantitative estimate of drug-likeness (QED) is 0.835. The molecule has 1 aliphatic rings. The van der Waals surface area contributed by atoms with Crippen molar-refractivity contribution < 1.29 is 14.3 Å². The number of nitrogens with one attached hydrogen (secondary N) is 1. The van der Waals surface area contributed by atoms with Gasteiger partial charge in [0.15, 0.2) is 5.01 Å². The number of nitrogens with zero attached hydrogens (tertiary/aromatic N) is 2. The minimum absolute atomic E-state index is 0.0701. The summed E-state index contributed by atoms with van der Waals surface area (Å²) < 4.78 is 5.24. The van der Waals surface area contributed by atoms with Gasteiger partial charge >= 0.3 is 6.09 Å². The van der Waals surface area contributed by atoms with E-state index in [9.17, 15) is 9.59 Å². The predicted molar refractivity (Wildman–Crippen MR) is 89.8 cm³/mol. The van der Waals surface area contributed by atoms with Crippen LogP contribution in [0.4, 0.5) is 4.79 Å². The summed E-state index contributed by atoms with van der Waals surface area (Å²) in [4.78, 5) is 30.0. The highest BCUT2D eigenvalue weighted by Crippen LogP contribution is 2.17. The van der Waals surface area contributed by atoms with Crippen molar-refractivity contribution in [3.05, 3.63) is 16.6 Å². The van der Waals surface area contributed by atoms with E-state index in [1.807, 2.05) is 26.2 Å². The molecule has 1 aromatic heterocycles. The second-order valence-electron chi connectivity index (χ2n) is 6.89. The number of carbonyl (C=O) groups excluding carboxylic acids is 2. The van der Waals surface area contributed by atoms with Crippen LogP contribution < -0.4 is 5.32 Å². The van der Waals surface area contributed by atoms with Crippen LogP contribution in [0.5, 0.6) is 0 Å². The van der Waals surface area contributed by atoms with E-state index in [-0.39, 0.29) is 11.9 Å². The predicted octanol–water partition coefficient (Wildman–Crippen LogP) is 2.56. The molecule has 1 amide bonds. The highest BCUT2D eigenvalue weighted by atomic mass is 32.1. The number of alkyl carbamates (subject to hydrolysis) is 1. The monoisotopic (exact) mass is 339 g/mol. The minimum atomic E-state index is -0.483. The fraction of sp³-hybridized carbons (Fsp3) is 0.688. The smallest absolute Gasteiger partial charge is 0.407 e. The number of ether oxygens (including phenoxy) is 1. The maximum absolute atomic E-state index is 12.1. The Kier molecular flexibility index (Phi) is 6.12. The number of ketones is 1. The zero-order chi connectivity index (χ0) is 16.9. The summed E-state index contributed by atoms with van der Waals surface area (Å²) in [7, 11) is 0. The molecule has 1 saturated heterocycles. The van der Waals surface area contributed by atoms with Crippen LogP contribution in [0.1, 0.15) is 43.4 Å². The number of thiazole rings is 1. The molecule has 1 aliphatic heterocycles. The highest BCUT2D eigenvalue weighted by molar-refractivity contribution is 7.11. The van der Waals surface area contributed by atoms with Crippen LogP contribution in [0.2, 0.25) is 0 Å². The molecule has 1 N–H and O–H groups in total. The van der Waals surface area contributed by atoms with E-state index >= 15 is 0 Å². The molecule has 2 heterocycles. The standard InChI is InChI=1S/C16H25N3O3S/c1-16(2,3)22-15(21)18-9-12-5-4-7-19(10-12)11-13(20)14-17-6-8-23-14/h6,8,12H,4-5,7,9-11H2,1-3H3,(H,18,21)/t12-/m1/s1. The number of piperidine rings is 1. The van der Waals surface area contributed by atoms with Gasteiger partial charge in [-0.25, -0.2) is 9.78 Å². The normalized spacial score (nSPS) is 19.3. The summed E-state index contributed by atoms with van der Waals surface area (Å²) in [5, 5.41) is 5.21. The molecule has 0 aromatic carbocycles. The van der Waals surface area contributed by atoms with E-state index in [1.54, 1.807) is 6.20 Å². The lowest BCUT2D eigenvalue weighted by molar-refractivity contribution is 0.0504. The zero-order valence-electron chi connectivity index (χ0n) is 14.0. The van der Waals surface area contributed by atoms with E-state index in [2.05, 4.69) is 15.2 Å². The summed E-state index contributed by atoms with van der Waals surface area (Å²) in [5.74, 6) is 0.418. The Hall–Kier alpha value is -1.47. The average Bonchev–Trinajstić information content (AvgIpc) is 2.98. The van der Waals surface area contributed by atoms with Crippen LogP contribution in [0, 0.1) is 5.92 Å². The van der Waals surface area contributed by atoms with Crippen LogP contribution >= 0.6 is 11.3 Å². The fourth-order valence-electron chi connectivity index (χ4n) is 2.64. The largest absolute Gasteiger partial charge is 0.444 e. The molecule has 0 radical (unpaired) electrons. The fourth-order valence-corrected chi connectivity index (χ4v) is 3.20. The third kappa shape index (κ3) is 6.27. The van der Waals surface area contributed by atoms with Gasteiger partial charge in [-0.3, -0.25) is 9.69 Å². The molecule has 1 fully saturated rings. The number of aromatic nitrogens is 1. The van der Waals surface area contributed by atoms with Gasteiger partial charge in [0, 0.05) is 24.7 Å². The lowest BCUT2D eigenvalue weighted by atomic mass is 9.98. The number of likely N-dealkylation sites (tertiary alicyclic amines) is 1. The van der Waals surface area contributed by atoms with Gasteiger partial charge in [-0.2, -0.15) is 0 Å². The molecule has 0 spiro atoms. The maximum atomic E-state index is 12.1. The van der Waals surface area contributed by atoms with Crippen molar-refractivity contribution in [2.45, 2.75) is 39.2 Å². The number of carbonyl (C=O) groups is 2. The number of Topliss-reactive ketones (excluding diaryl/α,β-unsaturated/α-hetero) is 1. The molecule has 0 aliphatic carbocycles. The first-order chi connectivity index (χ1) is 10.8. The van der Waals surface area contributed by atoms with Gasteiger partial charge < -0.3 is 10.1 Å². The molecule has 0 saturated carbocycles. The van der Waals surface area contributed by atoms with Gasteiger partial charge in [0.25, 0.3) is 0 Å². The third-order valence-corrected chi connectivity index (χ3v) is 4.39. The van der Waals surface area contributed by atoms with Crippen molar-refractivity contribution in [1.29, 1.82) is 0 Å². The summed E-state index contributed by atoms with van der Waals surface area (Å²) in [6.07, 6.45) is 3.36. The van der Waals surface area contributed by atoms with Crippen LogP contribution in [0.25, 0.3) is 0 Å². The van der Waals surface area contributed by atoms with Crippen LogP contribution in [0.15, 0.2) is 11.6 Å². The van der Waals surface area contributed by atoms with Crippen molar-refractivity contribution in [2.75, 3.05) is 26.2 Å². The van der Waals surface area contributed by atoms with E-state index in [0.29, 0.717) is 24.0 Å². The van der Waals surface area contributed by atoms with Crippen molar-refractivity contribution >= 4 is 23.2 Å². The summed E-state index contributed by atoms with van der Waals surface area (Å²) in [5.41, 5.74) is -0.483. The molecular weight excluding hydrogens is 314 g/mol. The first-order valence-corrected chi connectivity index (χ1v) is 8.83. The maximum Gasteiger partial charge on any atom is 0.407 e. The van der Waals surface area contributed by atoms with Gasteiger partial charge in [0.1, 0.15) is 5.60 Å². The molecule has 128 valence electrons. The van der Waals surface area contributed by atoms with E-state index < -0.39 is 5.60 Å². The van der Waals surface area contributed by atoms with Crippen molar-refractivity contribution in [3.63, 3.8) is 0 Å². The van der Waals surface area contributed by atoms with Crippen molar-refractivity contribution in [2.24, 2.45) is 5.92 Å². The number of hydrogen-bond acceptors (Lipinski definition) is 6. The van der Waals surface area contributed by atoms with Gasteiger partial charge in [-0.1, -0.05) is 0 Å². The number of rotatable bonds is 5. The minimum Gasteiger partial charge on any atom is -0.444 e. The Bertz CT molecular complexity index is 525. The average molecular weight is 339 g/mol. The highest BCUT2D eigenvalue weighted by Gasteiger charge is 2.24. The van der Waals surface area contributed by atoms with Crippen molar-refractivity contribution in [3.8, 4) is 0 Å². The Morgan fingerprint density at radius 1 is 1.48 bits per heavy atom. The molecule has 7 heteroatoms. The molecule has 0 bridgehead atoms. The Labute approximate surface area is 141 Å². The molecule has 1 atom stereocenters. The second-order valence-corrected chi connectivity index (χ2v) is 7.78. The van der Waals surface area contributed by atoms with Crippen molar-refractivity contribution in [1.82, 2.24) is 15.2 Å². The zero-order valence-corrected chi connectivity index (χ0v) is 14.8. The summed E-state index contributed by atoms with van der Waals surface area (Å²) in [6.45, 7) is 8.25. The van der Waals surface area contributed by atoms with Crippen LogP contribution in [-0.4, -0.2) is 53.5 Å². The topological polar surface area (TPSA) is 71.5 Å².